The highest BCUT2D eigenvalue weighted by molar-refractivity contribution is 8.00. The molecule has 3 nitrogen and oxygen atoms in total. The summed E-state index contributed by atoms with van der Waals surface area (Å²) in [6.45, 7) is 1.15. The third kappa shape index (κ3) is 1.78. The molecule has 4 heteroatoms. The van der Waals surface area contributed by atoms with Gasteiger partial charge in [-0.3, -0.25) is 4.90 Å². The maximum Gasteiger partial charge on any atom is 0.161 e. The fourth-order valence-electron chi connectivity index (χ4n) is 4.15. The Kier molecular flexibility index (Phi) is 3.19. The molecule has 112 valence electrons. The first-order valence-corrected chi connectivity index (χ1v) is 8.61. The van der Waals surface area contributed by atoms with E-state index in [-0.39, 0.29) is 5.54 Å². The number of hydrogen-bond acceptors (Lipinski definition) is 4. The number of methoxy groups -OCH3 is 2. The van der Waals surface area contributed by atoms with Crippen LogP contribution in [0, 0.1) is 0 Å². The molecule has 1 aromatic rings. The summed E-state index contributed by atoms with van der Waals surface area (Å²) >= 11 is 2.11. The van der Waals surface area contributed by atoms with Crippen molar-refractivity contribution in [1.82, 2.24) is 4.90 Å². The van der Waals surface area contributed by atoms with Crippen molar-refractivity contribution < 1.29 is 9.47 Å². The lowest BCUT2D eigenvalue weighted by Crippen LogP contribution is -2.51. The van der Waals surface area contributed by atoms with Gasteiger partial charge in [-0.15, -0.1) is 11.8 Å². The number of benzene rings is 1. The number of hydrogen-bond donors (Lipinski definition) is 0. The molecule has 1 aromatic carbocycles. The first-order valence-electron chi connectivity index (χ1n) is 7.56. The molecule has 2 heterocycles. The molecule has 1 fully saturated rings. The Bertz CT molecular complexity index is 601. The molecule has 0 unspecified atom stereocenters. The van der Waals surface area contributed by atoms with Crippen LogP contribution in [0.4, 0.5) is 0 Å². The number of rotatable bonds is 2. The molecule has 0 saturated carbocycles. The van der Waals surface area contributed by atoms with Crippen molar-refractivity contribution in [2.45, 2.75) is 30.1 Å². The van der Waals surface area contributed by atoms with Gasteiger partial charge in [0.25, 0.3) is 0 Å². The van der Waals surface area contributed by atoms with Gasteiger partial charge in [-0.05, 0) is 42.5 Å². The van der Waals surface area contributed by atoms with Crippen LogP contribution in [-0.2, 0) is 12.0 Å². The van der Waals surface area contributed by atoms with E-state index in [1.165, 1.54) is 17.5 Å². The Labute approximate surface area is 130 Å². The second-order valence-electron chi connectivity index (χ2n) is 6.00. The maximum atomic E-state index is 5.56. The van der Waals surface area contributed by atoms with Gasteiger partial charge >= 0.3 is 0 Å². The second kappa shape index (κ2) is 4.96. The number of nitrogens with zero attached hydrogens (tertiary/aromatic N) is 1. The minimum Gasteiger partial charge on any atom is -0.493 e. The van der Waals surface area contributed by atoms with Crippen molar-refractivity contribution in [3.05, 3.63) is 35.4 Å². The fourth-order valence-corrected chi connectivity index (χ4v) is 5.76. The van der Waals surface area contributed by atoms with E-state index in [2.05, 4.69) is 40.9 Å². The van der Waals surface area contributed by atoms with Crippen molar-refractivity contribution in [1.29, 1.82) is 0 Å². The monoisotopic (exact) mass is 303 g/mol. The maximum absolute atomic E-state index is 5.56. The fraction of sp³-hybridized carbons (Fsp3) is 0.529. The summed E-state index contributed by atoms with van der Waals surface area (Å²) in [7, 11) is 3.44. The van der Waals surface area contributed by atoms with Crippen LogP contribution in [0.5, 0.6) is 11.5 Å². The Morgan fingerprint density at radius 3 is 2.81 bits per heavy atom. The minimum absolute atomic E-state index is 0.173. The number of ether oxygens (including phenoxy) is 2. The van der Waals surface area contributed by atoms with E-state index in [0.29, 0.717) is 5.25 Å². The van der Waals surface area contributed by atoms with Gasteiger partial charge in [0.05, 0.1) is 19.8 Å². The van der Waals surface area contributed by atoms with Gasteiger partial charge < -0.3 is 9.47 Å². The van der Waals surface area contributed by atoms with Crippen LogP contribution in [0.15, 0.2) is 24.3 Å². The summed E-state index contributed by atoms with van der Waals surface area (Å²) < 4.78 is 11.0. The van der Waals surface area contributed by atoms with Crippen LogP contribution in [-0.4, -0.2) is 36.8 Å². The van der Waals surface area contributed by atoms with Gasteiger partial charge in [-0.1, -0.05) is 12.2 Å². The Morgan fingerprint density at radius 2 is 2.00 bits per heavy atom. The third-order valence-electron chi connectivity index (χ3n) is 5.20. The van der Waals surface area contributed by atoms with Crippen LogP contribution in [0.1, 0.15) is 24.0 Å². The lowest BCUT2D eigenvalue weighted by molar-refractivity contribution is 0.108. The van der Waals surface area contributed by atoms with Crippen molar-refractivity contribution >= 4 is 11.8 Å². The summed E-state index contributed by atoms with van der Waals surface area (Å²) in [4.78, 5) is 2.68. The molecule has 0 bridgehead atoms. The Balaban J connectivity index is 1.91. The van der Waals surface area contributed by atoms with E-state index in [4.69, 9.17) is 9.47 Å². The molecule has 2 aliphatic heterocycles. The topological polar surface area (TPSA) is 21.7 Å². The molecule has 1 spiro atoms. The van der Waals surface area contributed by atoms with Crippen LogP contribution < -0.4 is 9.47 Å². The summed E-state index contributed by atoms with van der Waals surface area (Å²) in [6.07, 6.45) is 8.11. The van der Waals surface area contributed by atoms with Gasteiger partial charge in [-0.2, -0.15) is 0 Å². The molecule has 21 heavy (non-hydrogen) atoms. The average molecular weight is 303 g/mol. The van der Waals surface area contributed by atoms with E-state index in [9.17, 15) is 0 Å². The average Bonchev–Trinajstić information content (AvgIpc) is 2.93. The smallest absolute Gasteiger partial charge is 0.161 e. The number of allylic oxidation sites excluding steroid dienone is 1. The molecule has 0 N–H and O–H groups in total. The predicted molar refractivity (Wildman–Crippen MR) is 86.3 cm³/mol. The minimum atomic E-state index is 0.173. The van der Waals surface area contributed by atoms with Crippen molar-refractivity contribution in [2.24, 2.45) is 0 Å². The van der Waals surface area contributed by atoms with Gasteiger partial charge in [0.1, 0.15) is 0 Å². The summed E-state index contributed by atoms with van der Waals surface area (Å²) in [6, 6.07) is 4.43. The number of fused-ring (bicyclic) bond motifs is 1. The second-order valence-corrected chi connectivity index (χ2v) is 7.16. The van der Waals surface area contributed by atoms with E-state index >= 15 is 0 Å². The van der Waals surface area contributed by atoms with Gasteiger partial charge in [0.15, 0.2) is 11.5 Å². The molecular formula is C17H21NO2S. The first-order chi connectivity index (χ1) is 10.3. The van der Waals surface area contributed by atoms with Crippen LogP contribution in [0.2, 0.25) is 0 Å². The zero-order valence-electron chi connectivity index (χ0n) is 12.6. The molecule has 0 amide bonds. The van der Waals surface area contributed by atoms with Crippen molar-refractivity contribution in [2.75, 3.05) is 26.6 Å². The summed E-state index contributed by atoms with van der Waals surface area (Å²) in [5.41, 5.74) is 3.07. The van der Waals surface area contributed by atoms with Gasteiger partial charge in [0.2, 0.25) is 0 Å². The molecule has 2 atom stereocenters. The lowest BCUT2D eigenvalue weighted by atomic mass is 9.73. The predicted octanol–water partition coefficient (Wildman–Crippen LogP) is 3.18. The van der Waals surface area contributed by atoms with Crippen LogP contribution in [0.3, 0.4) is 0 Å². The molecule has 1 aliphatic carbocycles. The zero-order chi connectivity index (χ0) is 14.4. The summed E-state index contributed by atoms with van der Waals surface area (Å²) in [5, 5.41) is 0.666. The highest BCUT2D eigenvalue weighted by Crippen LogP contribution is 2.55. The van der Waals surface area contributed by atoms with Crippen molar-refractivity contribution in [3.8, 4) is 11.5 Å². The quantitative estimate of drug-likeness (QED) is 0.782. The molecule has 0 aromatic heterocycles. The Hall–Kier alpha value is -1.13. The SMILES string of the molecule is COc1cc2c(cc1OC)[C@@]13CC=CC[C@H]1SCN3CC2. The van der Waals surface area contributed by atoms with Gasteiger partial charge in [-0.25, -0.2) is 0 Å². The van der Waals surface area contributed by atoms with Gasteiger partial charge in [0, 0.05) is 17.7 Å². The Morgan fingerprint density at radius 1 is 1.19 bits per heavy atom. The van der Waals surface area contributed by atoms with E-state index in [1.54, 1.807) is 14.2 Å². The largest absolute Gasteiger partial charge is 0.493 e. The normalized spacial score (nSPS) is 30.5. The molecule has 0 radical (unpaired) electrons. The summed E-state index contributed by atoms with van der Waals surface area (Å²) in [5.74, 6) is 2.87. The first kappa shape index (κ1) is 13.5. The standard InChI is InChI=1S/C17H21NO2S/c1-19-14-9-12-6-8-18-11-21-16-5-3-4-7-17(16,18)13(12)10-15(14)20-2/h3-4,9-10,16H,5-8,11H2,1-2H3/t16-,17+/m1/s1. The third-order valence-corrected chi connectivity index (χ3v) is 6.65. The van der Waals surface area contributed by atoms with E-state index < -0.39 is 0 Å². The highest BCUT2D eigenvalue weighted by atomic mass is 32.2. The lowest BCUT2D eigenvalue weighted by Gasteiger charge is -2.47. The van der Waals surface area contributed by atoms with E-state index in [0.717, 1.165) is 36.8 Å². The number of thioether (sulfide) groups is 1. The molecular weight excluding hydrogens is 282 g/mol. The zero-order valence-corrected chi connectivity index (χ0v) is 13.4. The van der Waals surface area contributed by atoms with Crippen LogP contribution >= 0.6 is 11.8 Å². The highest BCUT2D eigenvalue weighted by Gasteiger charge is 2.53. The molecule has 1 saturated heterocycles. The van der Waals surface area contributed by atoms with Crippen LogP contribution in [0.25, 0.3) is 0 Å². The van der Waals surface area contributed by atoms with Crippen molar-refractivity contribution in [3.63, 3.8) is 0 Å². The van der Waals surface area contributed by atoms with E-state index in [1.807, 2.05) is 0 Å². The molecule has 3 aliphatic rings. The molecule has 4 rings (SSSR count).